The highest BCUT2D eigenvalue weighted by atomic mass is 79.9. The Labute approximate surface area is 127 Å². The van der Waals surface area contributed by atoms with Crippen LogP contribution in [0.15, 0.2) is 15.5 Å². The van der Waals surface area contributed by atoms with Crippen LogP contribution in [0.4, 0.5) is 5.69 Å². The number of rotatable bonds is 3. The lowest BCUT2D eigenvalue weighted by Crippen LogP contribution is -2.53. The first-order chi connectivity index (χ1) is 9.40. The Balaban J connectivity index is 2.14. The number of halogens is 1. The van der Waals surface area contributed by atoms with E-state index in [0.717, 1.165) is 25.3 Å². The summed E-state index contributed by atoms with van der Waals surface area (Å²) in [4.78, 5) is 16.3. The van der Waals surface area contributed by atoms with Crippen molar-refractivity contribution in [2.45, 2.75) is 26.0 Å². The van der Waals surface area contributed by atoms with E-state index in [1.807, 2.05) is 0 Å². The molecule has 1 N–H and O–H groups in total. The molecule has 1 aromatic rings. The number of aliphatic hydroxyl groups excluding tert-OH is 1. The molecule has 2 rings (SSSR count). The number of β-amino-alcohol motifs (C(OH)–C–C–N with tert-alkyl or cyclic N) is 1. The second-order valence-corrected chi connectivity index (χ2v) is 6.20. The molecule has 0 amide bonds. The molecule has 0 aliphatic carbocycles. The van der Waals surface area contributed by atoms with Gasteiger partial charge < -0.3 is 10.0 Å². The van der Waals surface area contributed by atoms with Gasteiger partial charge in [0, 0.05) is 39.3 Å². The van der Waals surface area contributed by atoms with Gasteiger partial charge in [-0.25, -0.2) is 4.68 Å². The Kier molecular flexibility index (Phi) is 4.82. The minimum Gasteiger partial charge on any atom is -0.392 e. The number of aryl methyl sites for hydroxylation is 1. The van der Waals surface area contributed by atoms with E-state index in [1.165, 1.54) is 4.68 Å². The molecular formula is C13H21BrN4O2. The molecule has 0 spiro atoms. The van der Waals surface area contributed by atoms with Gasteiger partial charge in [-0.2, -0.15) is 5.10 Å². The van der Waals surface area contributed by atoms with Crippen LogP contribution in [0, 0.1) is 0 Å². The molecule has 1 aliphatic heterocycles. The Morgan fingerprint density at radius 1 is 1.55 bits per heavy atom. The topological polar surface area (TPSA) is 61.6 Å². The van der Waals surface area contributed by atoms with E-state index < -0.39 is 0 Å². The van der Waals surface area contributed by atoms with Crippen LogP contribution >= 0.6 is 15.9 Å². The summed E-state index contributed by atoms with van der Waals surface area (Å²) < 4.78 is 1.88. The van der Waals surface area contributed by atoms with E-state index >= 15 is 0 Å². The van der Waals surface area contributed by atoms with Crippen LogP contribution in [0.1, 0.15) is 13.8 Å². The molecule has 0 radical (unpaired) electrons. The van der Waals surface area contributed by atoms with Crippen molar-refractivity contribution in [2.75, 3.05) is 31.1 Å². The predicted molar refractivity (Wildman–Crippen MR) is 82.1 cm³/mol. The SMILES string of the molecule is CC(O)CN1CCN(c2cnn(C)c(=O)c2Br)CC1C. The summed E-state index contributed by atoms with van der Waals surface area (Å²) in [7, 11) is 1.64. The number of hydrogen-bond acceptors (Lipinski definition) is 5. The van der Waals surface area contributed by atoms with Crippen LogP contribution in [-0.4, -0.2) is 58.1 Å². The van der Waals surface area contributed by atoms with Crippen molar-refractivity contribution in [2.24, 2.45) is 7.05 Å². The number of aromatic nitrogens is 2. The minimum atomic E-state index is -0.318. The summed E-state index contributed by atoms with van der Waals surface area (Å²) in [5, 5.41) is 13.6. The van der Waals surface area contributed by atoms with Crippen LogP contribution in [0.5, 0.6) is 0 Å². The Bertz CT molecular complexity index is 532. The maximum Gasteiger partial charge on any atom is 0.282 e. The van der Waals surface area contributed by atoms with E-state index in [2.05, 4.69) is 37.8 Å². The number of nitrogens with zero attached hydrogens (tertiary/aromatic N) is 4. The fraction of sp³-hybridized carbons (Fsp3) is 0.692. The second kappa shape index (κ2) is 6.24. The average molecular weight is 345 g/mol. The first kappa shape index (κ1) is 15.5. The Morgan fingerprint density at radius 2 is 2.25 bits per heavy atom. The molecule has 20 heavy (non-hydrogen) atoms. The van der Waals surface area contributed by atoms with Gasteiger partial charge in [-0.3, -0.25) is 9.69 Å². The highest BCUT2D eigenvalue weighted by molar-refractivity contribution is 9.10. The monoisotopic (exact) mass is 344 g/mol. The lowest BCUT2D eigenvalue weighted by Gasteiger charge is -2.41. The van der Waals surface area contributed by atoms with Crippen molar-refractivity contribution in [3.8, 4) is 0 Å². The van der Waals surface area contributed by atoms with E-state index in [9.17, 15) is 9.90 Å². The molecule has 2 heterocycles. The van der Waals surface area contributed by atoms with Crippen molar-refractivity contribution >= 4 is 21.6 Å². The van der Waals surface area contributed by atoms with Crippen molar-refractivity contribution in [1.29, 1.82) is 0 Å². The van der Waals surface area contributed by atoms with Gasteiger partial charge in [0.25, 0.3) is 5.56 Å². The summed E-state index contributed by atoms with van der Waals surface area (Å²) in [5.41, 5.74) is 0.721. The van der Waals surface area contributed by atoms with Gasteiger partial charge in [0.1, 0.15) is 4.47 Å². The van der Waals surface area contributed by atoms with Crippen LogP contribution in [-0.2, 0) is 7.05 Å². The first-order valence-electron chi connectivity index (χ1n) is 6.79. The van der Waals surface area contributed by atoms with Crippen LogP contribution in [0.25, 0.3) is 0 Å². The molecular weight excluding hydrogens is 324 g/mol. The first-order valence-corrected chi connectivity index (χ1v) is 7.58. The summed E-state index contributed by atoms with van der Waals surface area (Å²) in [6.45, 7) is 7.14. The molecule has 0 aromatic carbocycles. The summed E-state index contributed by atoms with van der Waals surface area (Å²) >= 11 is 3.37. The zero-order valence-corrected chi connectivity index (χ0v) is 13.7. The normalized spacial score (nSPS) is 22.1. The standard InChI is InChI=1S/C13H21BrN4O2/c1-9-7-18(5-4-17(9)8-10(2)19)11-6-15-16(3)13(20)12(11)14/h6,9-10,19H,4-5,7-8H2,1-3H3. The fourth-order valence-corrected chi connectivity index (χ4v) is 3.16. The molecule has 112 valence electrons. The van der Waals surface area contributed by atoms with Crippen molar-refractivity contribution in [1.82, 2.24) is 14.7 Å². The third kappa shape index (κ3) is 3.21. The smallest absolute Gasteiger partial charge is 0.282 e. The van der Waals surface area contributed by atoms with E-state index in [0.29, 0.717) is 17.1 Å². The molecule has 0 saturated carbocycles. The third-order valence-electron chi connectivity index (χ3n) is 3.66. The van der Waals surface area contributed by atoms with Gasteiger partial charge in [0.15, 0.2) is 0 Å². The summed E-state index contributed by atoms with van der Waals surface area (Å²) in [6, 6.07) is 0.328. The predicted octanol–water partition coefficient (Wildman–Crippen LogP) is 0.434. The molecule has 7 heteroatoms. The van der Waals surface area contributed by atoms with Gasteiger partial charge in [-0.05, 0) is 29.8 Å². The van der Waals surface area contributed by atoms with Gasteiger partial charge in [-0.15, -0.1) is 0 Å². The largest absolute Gasteiger partial charge is 0.392 e. The van der Waals surface area contributed by atoms with Gasteiger partial charge >= 0.3 is 0 Å². The molecule has 1 aromatic heterocycles. The Morgan fingerprint density at radius 3 is 2.85 bits per heavy atom. The summed E-state index contributed by atoms with van der Waals surface area (Å²) in [5.74, 6) is 0. The quantitative estimate of drug-likeness (QED) is 0.861. The third-order valence-corrected chi connectivity index (χ3v) is 4.41. The number of anilines is 1. The van der Waals surface area contributed by atoms with Gasteiger partial charge in [0.2, 0.25) is 0 Å². The fourth-order valence-electron chi connectivity index (χ4n) is 2.55. The molecule has 1 fully saturated rings. The van der Waals surface area contributed by atoms with E-state index in [-0.39, 0.29) is 11.7 Å². The van der Waals surface area contributed by atoms with Gasteiger partial charge in [0.05, 0.1) is 18.0 Å². The van der Waals surface area contributed by atoms with Crippen LogP contribution in [0.3, 0.4) is 0 Å². The zero-order chi connectivity index (χ0) is 14.9. The second-order valence-electron chi connectivity index (χ2n) is 5.41. The number of hydrogen-bond donors (Lipinski definition) is 1. The van der Waals surface area contributed by atoms with Crippen molar-refractivity contribution in [3.05, 3.63) is 21.0 Å². The Hall–Kier alpha value is -0.920. The lowest BCUT2D eigenvalue weighted by atomic mass is 10.1. The van der Waals surface area contributed by atoms with E-state index in [4.69, 9.17) is 0 Å². The zero-order valence-electron chi connectivity index (χ0n) is 12.1. The average Bonchev–Trinajstić information content (AvgIpc) is 2.38. The molecule has 1 saturated heterocycles. The van der Waals surface area contributed by atoms with Crippen LogP contribution < -0.4 is 10.5 Å². The van der Waals surface area contributed by atoms with Crippen molar-refractivity contribution < 1.29 is 5.11 Å². The highest BCUT2D eigenvalue weighted by Gasteiger charge is 2.26. The number of piperazine rings is 1. The maximum atomic E-state index is 11.9. The molecule has 6 nitrogen and oxygen atoms in total. The summed E-state index contributed by atoms with van der Waals surface area (Å²) in [6.07, 6.45) is 1.41. The molecule has 0 bridgehead atoms. The molecule has 2 unspecified atom stereocenters. The maximum absolute atomic E-state index is 11.9. The lowest BCUT2D eigenvalue weighted by molar-refractivity contribution is 0.0959. The van der Waals surface area contributed by atoms with Gasteiger partial charge in [-0.1, -0.05) is 0 Å². The van der Waals surface area contributed by atoms with Crippen LogP contribution in [0.2, 0.25) is 0 Å². The molecule has 1 aliphatic rings. The highest BCUT2D eigenvalue weighted by Crippen LogP contribution is 2.24. The number of aliphatic hydroxyl groups is 1. The van der Waals surface area contributed by atoms with E-state index in [1.54, 1.807) is 20.2 Å². The minimum absolute atomic E-state index is 0.124. The van der Waals surface area contributed by atoms with Crippen molar-refractivity contribution in [3.63, 3.8) is 0 Å². The molecule has 2 atom stereocenters.